The predicted octanol–water partition coefficient (Wildman–Crippen LogP) is 5.41. The van der Waals surface area contributed by atoms with Crippen LogP contribution in [0.1, 0.15) is 15.9 Å². The highest BCUT2D eigenvalue weighted by Crippen LogP contribution is 2.27. The van der Waals surface area contributed by atoms with Crippen molar-refractivity contribution in [1.82, 2.24) is 0 Å². The van der Waals surface area contributed by atoms with E-state index in [0.717, 1.165) is 22.4 Å². The van der Waals surface area contributed by atoms with Crippen LogP contribution in [0.25, 0.3) is 11.1 Å². The summed E-state index contributed by atoms with van der Waals surface area (Å²) in [6.45, 7) is 0.421. The highest BCUT2D eigenvalue weighted by atomic mass is 35.5. The van der Waals surface area contributed by atoms with E-state index < -0.39 is 0 Å². The highest BCUT2D eigenvalue weighted by molar-refractivity contribution is 6.30. The van der Waals surface area contributed by atoms with Gasteiger partial charge in [0.25, 0.3) is 5.91 Å². The molecule has 126 valence electrons. The highest BCUT2D eigenvalue weighted by Gasteiger charge is 2.11. The van der Waals surface area contributed by atoms with E-state index in [0.29, 0.717) is 17.2 Å². The maximum Gasteiger partial charge on any atom is 0.255 e. The number of carbonyl (C=O) groups is 1. The van der Waals surface area contributed by atoms with Crippen LogP contribution in [-0.4, -0.2) is 13.0 Å². The van der Waals surface area contributed by atoms with Gasteiger partial charge in [-0.25, -0.2) is 0 Å². The number of ether oxygens (including phenoxy) is 1. The normalized spacial score (nSPS) is 10.5. The van der Waals surface area contributed by atoms with E-state index in [-0.39, 0.29) is 5.91 Å². The summed E-state index contributed by atoms with van der Waals surface area (Å²) in [6.07, 6.45) is 0. The molecule has 0 aromatic heterocycles. The molecule has 0 heterocycles. The lowest BCUT2D eigenvalue weighted by Crippen LogP contribution is -2.12. The van der Waals surface area contributed by atoms with E-state index in [1.807, 2.05) is 72.8 Å². The van der Waals surface area contributed by atoms with Crippen LogP contribution in [-0.2, 0) is 11.3 Å². The zero-order valence-electron chi connectivity index (χ0n) is 13.8. The fourth-order valence-corrected chi connectivity index (χ4v) is 2.77. The number of anilines is 1. The topological polar surface area (TPSA) is 38.3 Å². The Hall–Kier alpha value is -2.62. The lowest BCUT2D eigenvalue weighted by Gasteiger charge is -2.12. The van der Waals surface area contributed by atoms with Gasteiger partial charge in [-0.1, -0.05) is 48.0 Å². The van der Waals surface area contributed by atoms with Crippen molar-refractivity contribution in [2.75, 3.05) is 12.4 Å². The summed E-state index contributed by atoms with van der Waals surface area (Å²) in [5.41, 5.74) is 4.36. The molecular weight excluding hydrogens is 334 g/mol. The summed E-state index contributed by atoms with van der Waals surface area (Å²) >= 11 is 5.97. The molecule has 0 bridgehead atoms. The molecule has 0 spiro atoms. The van der Waals surface area contributed by atoms with E-state index in [1.54, 1.807) is 7.11 Å². The fraction of sp³-hybridized carbons (Fsp3) is 0.0952. The third kappa shape index (κ3) is 4.27. The number of rotatable bonds is 5. The molecule has 3 aromatic carbocycles. The van der Waals surface area contributed by atoms with Crippen molar-refractivity contribution < 1.29 is 9.53 Å². The van der Waals surface area contributed by atoms with E-state index >= 15 is 0 Å². The minimum absolute atomic E-state index is 0.147. The van der Waals surface area contributed by atoms with E-state index in [4.69, 9.17) is 16.3 Å². The Bertz CT molecular complexity index is 861. The maximum atomic E-state index is 12.5. The number of para-hydroxylation sites is 1. The fourth-order valence-electron chi connectivity index (χ4n) is 2.65. The lowest BCUT2D eigenvalue weighted by atomic mass is 9.97. The van der Waals surface area contributed by atoms with Gasteiger partial charge in [0.15, 0.2) is 0 Å². The second-order valence-corrected chi connectivity index (χ2v) is 6.07. The van der Waals surface area contributed by atoms with Crippen LogP contribution in [0, 0.1) is 0 Å². The molecule has 0 saturated carbocycles. The molecule has 0 aliphatic heterocycles. The standard InChI is InChI=1S/C21H18ClNO2/c1-25-14-17-13-16(21(24)23-19-5-3-2-4-6-19)9-12-20(17)15-7-10-18(22)11-8-15/h2-13H,14H2,1H3,(H,23,24). The zero-order valence-corrected chi connectivity index (χ0v) is 14.6. The summed E-state index contributed by atoms with van der Waals surface area (Å²) in [5, 5.41) is 3.59. The first kappa shape index (κ1) is 17.2. The van der Waals surface area contributed by atoms with E-state index in [2.05, 4.69) is 5.32 Å². The molecule has 0 aliphatic carbocycles. The number of carbonyl (C=O) groups excluding carboxylic acids is 1. The number of amides is 1. The van der Waals surface area contributed by atoms with Crippen molar-refractivity contribution in [3.63, 3.8) is 0 Å². The molecule has 4 heteroatoms. The van der Waals surface area contributed by atoms with Crippen LogP contribution < -0.4 is 5.32 Å². The van der Waals surface area contributed by atoms with Crippen LogP contribution in [0.4, 0.5) is 5.69 Å². The first-order chi connectivity index (χ1) is 12.2. The third-order valence-corrected chi connectivity index (χ3v) is 4.11. The molecule has 1 N–H and O–H groups in total. The Labute approximate surface area is 152 Å². The molecule has 0 atom stereocenters. The first-order valence-electron chi connectivity index (χ1n) is 7.91. The Kier molecular flexibility index (Phi) is 5.49. The zero-order chi connectivity index (χ0) is 17.6. The number of hydrogen-bond acceptors (Lipinski definition) is 2. The summed E-state index contributed by atoms with van der Waals surface area (Å²) in [6, 6.07) is 22.6. The molecule has 0 saturated heterocycles. The minimum Gasteiger partial charge on any atom is -0.380 e. The maximum absolute atomic E-state index is 12.5. The lowest BCUT2D eigenvalue weighted by molar-refractivity contribution is 0.102. The molecule has 25 heavy (non-hydrogen) atoms. The summed E-state index contributed by atoms with van der Waals surface area (Å²) in [7, 11) is 1.64. The van der Waals surface area contributed by atoms with Crippen molar-refractivity contribution in [2.45, 2.75) is 6.61 Å². The Morgan fingerprint density at radius 1 is 1.00 bits per heavy atom. The van der Waals surface area contributed by atoms with Gasteiger partial charge in [-0.15, -0.1) is 0 Å². The molecule has 1 amide bonds. The predicted molar refractivity (Wildman–Crippen MR) is 102 cm³/mol. The molecule has 0 aliphatic rings. The second-order valence-electron chi connectivity index (χ2n) is 5.63. The molecule has 3 aromatic rings. The van der Waals surface area contributed by atoms with E-state index in [1.165, 1.54) is 0 Å². The van der Waals surface area contributed by atoms with Crippen molar-refractivity contribution >= 4 is 23.2 Å². The summed E-state index contributed by atoms with van der Waals surface area (Å²) < 4.78 is 5.31. The number of hydrogen-bond donors (Lipinski definition) is 1. The van der Waals surface area contributed by atoms with Gasteiger partial charge < -0.3 is 10.1 Å². The minimum atomic E-state index is -0.147. The van der Waals surface area contributed by atoms with Gasteiger partial charge in [-0.3, -0.25) is 4.79 Å². The smallest absolute Gasteiger partial charge is 0.255 e. The summed E-state index contributed by atoms with van der Waals surface area (Å²) in [4.78, 5) is 12.5. The molecular formula is C21H18ClNO2. The number of nitrogens with one attached hydrogen (secondary N) is 1. The molecule has 0 unspecified atom stereocenters. The number of benzene rings is 3. The van der Waals surface area contributed by atoms with Gasteiger partial charge >= 0.3 is 0 Å². The quantitative estimate of drug-likeness (QED) is 0.667. The van der Waals surface area contributed by atoms with Crippen molar-refractivity contribution in [1.29, 1.82) is 0 Å². The van der Waals surface area contributed by atoms with Gasteiger partial charge in [0.1, 0.15) is 0 Å². The average Bonchev–Trinajstić information content (AvgIpc) is 2.64. The van der Waals surface area contributed by atoms with Crippen molar-refractivity contribution in [3.05, 3.63) is 88.9 Å². The van der Waals surface area contributed by atoms with Crippen LogP contribution in [0.15, 0.2) is 72.8 Å². The van der Waals surface area contributed by atoms with Gasteiger partial charge in [0.2, 0.25) is 0 Å². The van der Waals surface area contributed by atoms with Crippen molar-refractivity contribution in [2.24, 2.45) is 0 Å². The number of halogens is 1. The Balaban J connectivity index is 1.90. The molecule has 0 radical (unpaired) electrons. The molecule has 3 nitrogen and oxygen atoms in total. The first-order valence-corrected chi connectivity index (χ1v) is 8.29. The number of methoxy groups -OCH3 is 1. The Morgan fingerprint density at radius 2 is 1.72 bits per heavy atom. The van der Waals surface area contributed by atoms with Gasteiger partial charge in [0.05, 0.1) is 6.61 Å². The largest absolute Gasteiger partial charge is 0.380 e. The summed E-state index contributed by atoms with van der Waals surface area (Å²) in [5.74, 6) is -0.147. The van der Waals surface area contributed by atoms with Crippen LogP contribution in [0.5, 0.6) is 0 Å². The SMILES string of the molecule is COCc1cc(C(=O)Nc2ccccc2)ccc1-c1ccc(Cl)cc1. The Morgan fingerprint density at radius 3 is 2.40 bits per heavy atom. The average molecular weight is 352 g/mol. The van der Waals surface area contributed by atoms with E-state index in [9.17, 15) is 4.79 Å². The van der Waals surface area contributed by atoms with Crippen LogP contribution in [0.3, 0.4) is 0 Å². The van der Waals surface area contributed by atoms with Crippen LogP contribution in [0.2, 0.25) is 5.02 Å². The third-order valence-electron chi connectivity index (χ3n) is 3.85. The molecule has 0 fully saturated rings. The second kappa shape index (κ2) is 7.97. The van der Waals surface area contributed by atoms with Crippen molar-refractivity contribution in [3.8, 4) is 11.1 Å². The van der Waals surface area contributed by atoms with Gasteiger partial charge in [0, 0.05) is 23.4 Å². The van der Waals surface area contributed by atoms with Crippen LogP contribution >= 0.6 is 11.6 Å². The molecule has 3 rings (SSSR count). The van der Waals surface area contributed by atoms with Gasteiger partial charge in [-0.05, 0) is 53.1 Å². The van der Waals surface area contributed by atoms with Gasteiger partial charge in [-0.2, -0.15) is 0 Å². The monoisotopic (exact) mass is 351 g/mol.